The number of carbonyl (C=O) groups is 2. The zero-order valence-electron chi connectivity index (χ0n) is 16.5. The van der Waals surface area contributed by atoms with Crippen molar-refractivity contribution in [1.29, 1.82) is 0 Å². The molecule has 0 spiro atoms. The molecule has 0 aliphatic heterocycles. The van der Waals surface area contributed by atoms with Gasteiger partial charge in [-0.25, -0.2) is 0 Å². The minimum atomic E-state index is -0.466. The summed E-state index contributed by atoms with van der Waals surface area (Å²) >= 11 is 0. The molecule has 28 heavy (non-hydrogen) atoms. The molecule has 0 saturated heterocycles. The Labute approximate surface area is 163 Å². The number of furan rings is 1. The van der Waals surface area contributed by atoms with Crippen LogP contribution < -0.4 is 15.4 Å². The summed E-state index contributed by atoms with van der Waals surface area (Å²) in [6.45, 7) is 5.94. The Morgan fingerprint density at radius 1 is 1.00 bits per heavy atom. The third-order valence-electron chi connectivity index (χ3n) is 4.11. The van der Waals surface area contributed by atoms with E-state index in [1.54, 1.807) is 24.3 Å². The third kappa shape index (κ3) is 4.34. The smallest absolute Gasteiger partial charge is 0.293 e. The standard InChI is InChI=1S/C22H24N2O4/c1-22(2,3)13-18(25)24-19-14-9-5-7-11-16(14)28-20(19)21(26)23-15-10-6-8-12-17(15)27-4/h5-12H,13H2,1-4H3,(H,23,26)(H,24,25). The molecule has 0 aliphatic carbocycles. The lowest BCUT2D eigenvalue weighted by Crippen LogP contribution is -2.21. The van der Waals surface area contributed by atoms with Crippen LogP contribution in [0.4, 0.5) is 11.4 Å². The molecule has 1 aromatic heterocycles. The number of anilines is 2. The lowest BCUT2D eigenvalue weighted by molar-refractivity contribution is -0.117. The van der Waals surface area contributed by atoms with Crippen molar-refractivity contribution < 1.29 is 18.7 Å². The highest BCUT2D eigenvalue weighted by Gasteiger charge is 2.24. The predicted octanol–water partition coefficient (Wildman–Crippen LogP) is 5.07. The van der Waals surface area contributed by atoms with Crippen LogP contribution in [0.2, 0.25) is 0 Å². The summed E-state index contributed by atoms with van der Waals surface area (Å²) < 4.78 is 11.0. The summed E-state index contributed by atoms with van der Waals surface area (Å²) in [5.41, 5.74) is 1.24. The fourth-order valence-corrected chi connectivity index (χ4v) is 2.92. The molecule has 0 atom stereocenters. The van der Waals surface area contributed by atoms with Gasteiger partial charge in [0.1, 0.15) is 17.0 Å². The number of rotatable bonds is 5. The van der Waals surface area contributed by atoms with Crippen molar-refractivity contribution in [3.63, 3.8) is 0 Å². The Balaban J connectivity index is 1.96. The molecule has 3 rings (SSSR count). The van der Waals surface area contributed by atoms with Gasteiger partial charge in [-0.3, -0.25) is 9.59 Å². The van der Waals surface area contributed by atoms with Gasteiger partial charge in [0.05, 0.1) is 12.8 Å². The van der Waals surface area contributed by atoms with Gasteiger partial charge < -0.3 is 19.8 Å². The number of hydrogen-bond donors (Lipinski definition) is 2. The Bertz CT molecular complexity index is 1010. The van der Waals surface area contributed by atoms with Crippen LogP contribution >= 0.6 is 0 Å². The summed E-state index contributed by atoms with van der Waals surface area (Å²) in [5, 5.41) is 6.33. The Morgan fingerprint density at radius 3 is 2.39 bits per heavy atom. The van der Waals surface area contributed by atoms with Crippen LogP contribution in [0.1, 0.15) is 37.7 Å². The number of methoxy groups -OCH3 is 1. The number of amides is 2. The van der Waals surface area contributed by atoms with E-state index in [4.69, 9.17) is 9.15 Å². The predicted molar refractivity (Wildman–Crippen MR) is 110 cm³/mol. The van der Waals surface area contributed by atoms with Crippen molar-refractivity contribution in [2.75, 3.05) is 17.7 Å². The van der Waals surface area contributed by atoms with Crippen LogP contribution in [0.3, 0.4) is 0 Å². The van der Waals surface area contributed by atoms with E-state index in [2.05, 4.69) is 10.6 Å². The summed E-state index contributed by atoms with van der Waals surface area (Å²) in [4.78, 5) is 25.4. The van der Waals surface area contributed by atoms with Gasteiger partial charge in [0.25, 0.3) is 5.91 Å². The van der Waals surface area contributed by atoms with Gasteiger partial charge in [-0.2, -0.15) is 0 Å². The SMILES string of the molecule is COc1ccccc1NC(=O)c1oc2ccccc2c1NC(=O)CC(C)(C)C. The number of fused-ring (bicyclic) bond motifs is 1. The quantitative estimate of drug-likeness (QED) is 0.648. The minimum Gasteiger partial charge on any atom is -0.495 e. The number of ether oxygens (including phenoxy) is 1. The van der Waals surface area contributed by atoms with Gasteiger partial charge in [0.2, 0.25) is 11.7 Å². The van der Waals surface area contributed by atoms with Crippen LogP contribution in [-0.4, -0.2) is 18.9 Å². The zero-order valence-corrected chi connectivity index (χ0v) is 16.5. The molecule has 6 heteroatoms. The molecule has 0 radical (unpaired) electrons. The van der Waals surface area contributed by atoms with E-state index in [1.165, 1.54) is 7.11 Å². The Morgan fingerprint density at radius 2 is 1.68 bits per heavy atom. The van der Waals surface area contributed by atoms with E-state index in [9.17, 15) is 9.59 Å². The fraction of sp³-hybridized carbons (Fsp3) is 0.273. The minimum absolute atomic E-state index is 0.0503. The monoisotopic (exact) mass is 380 g/mol. The van der Waals surface area contributed by atoms with Crippen LogP contribution in [0, 0.1) is 5.41 Å². The van der Waals surface area contributed by atoms with E-state index < -0.39 is 5.91 Å². The largest absolute Gasteiger partial charge is 0.495 e. The Hall–Kier alpha value is -3.28. The molecular weight excluding hydrogens is 356 g/mol. The first-order valence-electron chi connectivity index (χ1n) is 9.04. The molecule has 0 saturated carbocycles. The zero-order chi connectivity index (χ0) is 20.3. The van der Waals surface area contributed by atoms with Crippen LogP contribution in [0.5, 0.6) is 5.75 Å². The van der Waals surface area contributed by atoms with Crippen molar-refractivity contribution in [3.05, 3.63) is 54.3 Å². The van der Waals surface area contributed by atoms with E-state index in [-0.39, 0.29) is 17.1 Å². The second-order valence-corrected chi connectivity index (χ2v) is 7.74. The second kappa shape index (κ2) is 7.76. The maximum atomic E-state index is 12.9. The average Bonchev–Trinajstić information content (AvgIpc) is 2.99. The van der Waals surface area contributed by atoms with E-state index in [0.29, 0.717) is 34.5 Å². The topological polar surface area (TPSA) is 80.6 Å². The van der Waals surface area contributed by atoms with Crippen molar-refractivity contribution in [2.45, 2.75) is 27.2 Å². The first-order valence-corrected chi connectivity index (χ1v) is 9.04. The average molecular weight is 380 g/mol. The summed E-state index contributed by atoms with van der Waals surface area (Å²) in [7, 11) is 1.53. The number of carbonyl (C=O) groups excluding carboxylic acids is 2. The van der Waals surface area contributed by atoms with Crippen molar-refractivity contribution in [2.24, 2.45) is 5.41 Å². The fourth-order valence-electron chi connectivity index (χ4n) is 2.92. The molecule has 0 aliphatic rings. The van der Waals surface area contributed by atoms with Gasteiger partial charge in [0.15, 0.2) is 0 Å². The maximum Gasteiger partial charge on any atom is 0.293 e. The van der Waals surface area contributed by atoms with Gasteiger partial charge in [-0.15, -0.1) is 0 Å². The first-order chi connectivity index (χ1) is 13.3. The molecule has 2 aromatic carbocycles. The summed E-state index contributed by atoms with van der Waals surface area (Å²) in [5.74, 6) is -0.0585. The summed E-state index contributed by atoms with van der Waals surface area (Å²) in [6.07, 6.45) is 0.320. The number of benzene rings is 2. The van der Waals surface area contributed by atoms with Crippen molar-refractivity contribution in [1.82, 2.24) is 0 Å². The lowest BCUT2D eigenvalue weighted by Gasteiger charge is -2.17. The summed E-state index contributed by atoms with van der Waals surface area (Å²) in [6, 6.07) is 14.3. The highest BCUT2D eigenvalue weighted by atomic mass is 16.5. The molecule has 2 amide bonds. The van der Waals surface area contributed by atoms with Crippen LogP contribution in [0.15, 0.2) is 52.9 Å². The third-order valence-corrected chi connectivity index (χ3v) is 4.11. The number of nitrogens with one attached hydrogen (secondary N) is 2. The van der Waals surface area contributed by atoms with Crippen LogP contribution in [0.25, 0.3) is 11.0 Å². The molecule has 3 aromatic rings. The highest BCUT2D eigenvalue weighted by molar-refractivity contribution is 6.14. The molecule has 0 fully saturated rings. The first kappa shape index (κ1) is 19.5. The molecule has 146 valence electrons. The molecule has 6 nitrogen and oxygen atoms in total. The van der Waals surface area contributed by atoms with E-state index in [0.717, 1.165) is 0 Å². The molecular formula is C22H24N2O4. The highest BCUT2D eigenvalue weighted by Crippen LogP contribution is 2.33. The molecule has 2 N–H and O–H groups in total. The van der Waals surface area contributed by atoms with Gasteiger partial charge in [-0.1, -0.05) is 45.0 Å². The van der Waals surface area contributed by atoms with Gasteiger partial charge in [-0.05, 0) is 29.7 Å². The molecule has 1 heterocycles. The van der Waals surface area contributed by atoms with Crippen molar-refractivity contribution >= 4 is 34.2 Å². The number of para-hydroxylation sites is 3. The lowest BCUT2D eigenvalue weighted by atomic mass is 9.92. The van der Waals surface area contributed by atoms with Gasteiger partial charge in [0, 0.05) is 11.8 Å². The Kier molecular flexibility index (Phi) is 5.40. The van der Waals surface area contributed by atoms with Gasteiger partial charge >= 0.3 is 0 Å². The normalized spacial score (nSPS) is 11.3. The van der Waals surface area contributed by atoms with E-state index in [1.807, 2.05) is 45.0 Å². The van der Waals surface area contributed by atoms with E-state index >= 15 is 0 Å². The number of hydrogen-bond acceptors (Lipinski definition) is 4. The van der Waals surface area contributed by atoms with Crippen LogP contribution in [-0.2, 0) is 4.79 Å². The maximum absolute atomic E-state index is 12.9. The molecule has 0 unspecified atom stereocenters. The second-order valence-electron chi connectivity index (χ2n) is 7.74. The molecule has 0 bridgehead atoms. The van der Waals surface area contributed by atoms with Crippen molar-refractivity contribution in [3.8, 4) is 5.75 Å².